The van der Waals surface area contributed by atoms with E-state index in [0.717, 1.165) is 64.0 Å². The largest absolute Gasteiger partial charge is 0.494 e. The van der Waals surface area contributed by atoms with Gasteiger partial charge in [-0.15, -0.1) is 11.3 Å². The molecule has 0 atom stereocenters. The first kappa shape index (κ1) is 28.4. The van der Waals surface area contributed by atoms with Crippen molar-refractivity contribution in [3.63, 3.8) is 0 Å². The van der Waals surface area contributed by atoms with Crippen LogP contribution in [0.4, 0.5) is 5.82 Å². The number of nitrogens with one attached hydrogen (secondary N) is 1. The summed E-state index contributed by atoms with van der Waals surface area (Å²) in [4.78, 5) is 23.5. The number of benzene rings is 2. The van der Waals surface area contributed by atoms with Crippen LogP contribution in [0.3, 0.4) is 0 Å². The summed E-state index contributed by atoms with van der Waals surface area (Å²) in [5.74, 6) is 1.70. The van der Waals surface area contributed by atoms with Crippen molar-refractivity contribution in [2.75, 3.05) is 32.6 Å². The maximum atomic E-state index is 14.3. The van der Waals surface area contributed by atoms with Crippen LogP contribution in [-0.4, -0.2) is 55.6 Å². The number of carbonyl (C=O) groups excluding carboxylic acids is 1. The van der Waals surface area contributed by atoms with Gasteiger partial charge in [-0.2, -0.15) is 0 Å². The maximum absolute atomic E-state index is 14.3. The fourth-order valence-corrected chi connectivity index (χ4v) is 6.98. The summed E-state index contributed by atoms with van der Waals surface area (Å²) in [6.07, 6.45) is 5.85. The molecule has 1 aliphatic rings. The first-order valence-corrected chi connectivity index (χ1v) is 15.1. The second kappa shape index (κ2) is 12.6. The molecule has 4 aromatic rings. The summed E-state index contributed by atoms with van der Waals surface area (Å²) in [7, 11) is 5.98. The number of fused-ring (bicyclic) bond motifs is 1. The molecule has 0 bridgehead atoms. The van der Waals surface area contributed by atoms with Crippen molar-refractivity contribution >= 4 is 44.7 Å². The number of ether oxygens (including phenoxy) is 1. The van der Waals surface area contributed by atoms with E-state index in [1.165, 1.54) is 11.3 Å². The van der Waals surface area contributed by atoms with Crippen molar-refractivity contribution < 1.29 is 9.53 Å². The molecule has 1 aliphatic carbocycles. The van der Waals surface area contributed by atoms with Crippen molar-refractivity contribution in [3.05, 3.63) is 76.3 Å². The van der Waals surface area contributed by atoms with Crippen molar-refractivity contribution in [1.82, 2.24) is 15.2 Å². The molecule has 0 radical (unpaired) electrons. The van der Waals surface area contributed by atoms with Crippen LogP contribution in [0.5, 0.6) is 5.75 Å². The van der Waals surface area contributed by atoms with Gasteiger partial charge in [0.2, 0.25) is 0 Å². The Morgan fingerprint density at radius 1 is 1.07 bits per heavy atom. The van der Waals surface area contributed by atoms with Crippen molar-refractivity contribution in [2.24, 2.45) is 0 Å². The van der Waals surface area contributed by atoms with E-state index < -0.39 is 0 Å². The van der Waals surface area contributed by atoms with E-state index in [2.05, 4.69) is 28.5 Å². The number of aromatic nitrogens is 1. The standard InChI is InChI=1S/C32H37ClN4O2S/c1-5-39-27-16-10-21(22-11-17-29(35-19-22)36(3)4)18-23(27)20-37(25-14-12-24(34-2)13-15-25)32(38)31-30(33)26-8-6-7-9-28(26)40-31/h6-11,16-19,24-25,34H,5,12-15,20H2,1-4H3/t24-,25-. The number of anilines is 1. The first-order chi connectivity index (χ1) is 19.4. The molecule has 40 heavy (non-hydrogen) atoms. The smallest absolute Gasteiger partial charge is 0.266 e. The molecule has 6 nitrogen and oxygen atoms in total. The average Bonchev–Trinajstić information content (AvgIpc) is 3.33. The molecule has 8 heteroatoms. The highest BCUT2D eigenvalue weighted by atomic mass is 35.5. The van der Waals surface area contributed by atoms with Crippen molar-refractivity contribution in [1.29, 1.82) is 0 Å². The lowest BCUT2D eigenvalue weighted by Crippen LogP contribution is -2.44. The normalized spacial score (nSPS) is 17.1. The molecule has 1 saturated carbocycles. The molecule has 0 unspecified atom stereocenters. The molecule has 0 saturated heterocycles. The molecule has 2 aromatic carbocycles. The zero-order chi connectivity index (χ0) is 28.2. The molecule has 0 spiro atoms. The summed E-state index contributed by atoms with van der Waals surface area (Å²) < 4.78 is 7.09. The van der Waals surface area contributed by atoms with Gasteiger partial charge >= 0.3 is 0 Å². The van der Waals surface area contributed by atoms with E-state index in [1.807, 2.05) is 80.5 Å². The highest BCUT2D eigenvalue weighted by Crippen LogP contribution is 2.38. The van der Waals surface area contributed by atoms with Crippen LogP contribution in [0.15, 0.2) is 60.8 Å². The summed E-state index contributed by atoms with van der Waals surface area (Å²) in [5, 5.41) is 4.89. The summed E-state index contributed by atoms with van der Waals surface area (Å²) in [6.45, 7) is 2.99. The number of halogens is 1. The number of nitrogens with zero attached hydrogens (tertiary/aromatic N) is 3. The number of carbonyl (C=O) groups is 1. The number of pyridine rings is 1. The Balaban J connectivity index is 1.52. The SMILES string of the molecule is CCOc1ccc(-c2ccc(N(C)C)nc2)cc1CN(C(=O)c1sc2ccccc2c1Cl)[C@H]1CC[C@H](NC)CC1. The summed E-state index contributed by atoms with van der Waals surface area (Å²) in [6, 6.07) is 18.9. The molecule has 1 amide bonds. The Morgan fingerprint density at radius 3 is 2.48 bits per heavy atom. The number of hydrogen-bond donors (Lipinski definition) is 1. The van der Waals surface area contributed by atoms with E-state index in [1.54, 1.807) is 0 Å². The molecule has 1 fully saturated rings. The minimum absolute atomic E-state index is 0.0102. The van der Waals surface area contributed by atoms with Gasteiger partial charge in [-0.05, 0) is 75.5 Å². The van der Waals surface area contributed by atoms with Crippen LogP contribution in [0, 0.1) is 0 Å². The second-order valence-corrected chi connectivity index (χ2v) is 12.0. The Morgan fingerprint density at radius 2 is 1.82 bits per heavy atom. The van der Waals surface area contributed by atoms with E-state index in [4.69, 9.17) is 16.3 Å². The van der Waals surface area contributed by atoms with Gasteiger partial charge in [-0.25, -0.2) is 4.98 Å². The van der Waals surface area contributed by atoms with Gasteiger partial charge < -0.3 is 19.9 Å². The molecule has 5 rings (SSSR count). The molecule has 2 heterocycles. The second-order valence-electron chi connectivity index (χ2n) is 10.5. The molecule has 0 aliphatic heterocycles. The Kier molecular flexibility index (Phi) is 8.94. The minimum Gasteiger partial charge on any atom is -0.494 e. The number of thiophene rings is 1. The fraction of sp³-hybridized carbons (Fsp3) is 0.375. The zero-order valence-electron chi connectivity index (χ0n) is 23.6. The number of amides is 1. The Labute approximate surface area is 245 Å². The van der Waals surface area contributed by atoms with Gasteiger partial charge in [-0.3, -0.25) is 4.79 Å². The Hall–Kier alpha value is -3.13. The van der Waals surface area contributed by atoms with Gasteiger partial charge in [-0.1, -0.05) is 35.9 Å². The van der Waals surface area contributed by atoms with Crippen molar-refractivity contribution in [3.8, 4) is 16.9 Å². The van der Waals surface area contributed by atoms with E-state index in [-0.39, 0.29) is 11.9 Å². The molecule has 2 aromatic heterocycles. The van der Waals surface area contributed by atoms with Crippen LogP contribution >= 0.6 is 22.9 Å². The van der Waals surface area contributed by atoms with Crippen LogP contribution in [-0.2, 0) is 6.54 Å². The number of rotatable bonds is 9. The van der Waals surface area contributed by atoms with Crippen LogP contribution in [0.2, 0.25) is 5.02 Å². The van der Waals surface area contributed by atoms with Crippen LogP contribution in [0.25, 0.3) is 21.2 Å². The summed E-state index contributed by atoms with van der Waals surface area (Å²) in [5.41, 5.74) is 3.05. The molecule has 1 N–H and O–H groups in total. The third kappa shape index (κ3) is 5.97. The average molecular weight is 577 g/mol. The maximum Gasteiger partial charge on any atom is 0.266 e. The third-order valence-corrected chi connectivity index (χ3v) is 9.44. The van der Waals surface area contributed by atoms with Gasteiger partial charge in [0.15, 0.2) is 0 Å². The topological polar surface area (TPSA) is 57.7 Å². The van der Waals surface area contributed by atoms with Gasteiger partial charge in [0.1, 0.15) is 16.4 Å². The van der Waals surface area contributed by atoms with Gasteiger partial charge in [0.05, 0.1) is 11.6 Å². The van der Waals surface area contributed by atoms with Crippen LogP contribution in [0.1, 0.15) is 47.8 Å². The zero-order valence-corrected chi connectivity index (χ0v) is 25.2. The monoisotopic (exact) mass is 576 g/mol. The fourth-order valence-electron chi connectivity index (χ4n) is 5.51. The predicted octanol–water partition coefficient (Wildman–Crippen LogP) is 7.25. The minimum atomic E-state index is -0.0102. The van der Waals surface area contributed by atoms with E-state index in [0.29, 0.717) is 29.1 Å². The van der Waals surface area contributed by atoms with Crippen molar-refractivity contribution in [2.45, 2.75) is 51.2 Å². The highest BCUT2D eigenvalue weighted by Gasteiger charge is 2.32. The van der Waals surface area contributed by atoms with Crippen LogP contribution < -0.4 is 15.0 Å². The van der Waals surface area contributed by atoms with E-state index >= 15 is 0 Å². The molecule has 210 valence electrons. The lowest BCUT2D eigenvalue weighted by Gasteiger charge is -2.37. The molecular weight excluding hydrogens is 540 g/mol. The van der Waals surface area contributed by atoms with Gasteiger partial charge in [0.25, 0.3) is 5.91 Å². The number of hydrogen-bond acceptors (Lipinski definition) is 6. The molecular formula is C32H37ClN4O2S. The lowest BCUT2D eigenvalue weighted by atomic mass is 9.89. The predicted molar refractivity (Wildman–Crippen MR) is 167 cm³/mol. The summed E-state index contributed by atoms with van der Waals surface area (Å²) >= 11 is 8.30. The lowest BCUT2D eigenvalue weighted by molar-refractivity contribution is 0.0604. The van der Waals surface area contributed by atoms with Gasteiger partial charge in [0, 0.05) is 60.1 Å². The first-order valence-electron chi connectivity index (χ1n) is 13.9. The Bertz CT molecular complexity index is 1460. The quantitative estimate of drug-likeness (QED) is 0.227. The highest BCUT2D eigenvalue weighted by molar-refractivity contribution is 7.21. The van der Waals surface area contributed by atoms with E-state index in [9.17, 15) is 4.79 Å². The third-order valence-electron chi connectivity index (χ3n) is 7.78.